The summed E-state index contributed by atoms with van der Waals surface area (Å²) in [5, 5.41) is 3.55. The minimum absolute atomic E-state index is 0.0602. The highest BCUT2D eigenvalue weighted by Crippen LogP contribution is 2.48. The molecule has 6 nitrogen and oxygen atoms in total. The van der Waals surface area contributed by atoms with E-state index in [0.29, 0.717) is 28.2 Å². The second-order valence-corrected chi connectivity index (χ2v) is 8.58. The summed E-state index contributed by atoms with van der Waals surface area (Å²) in [7, 11) is 0. The smallest absolute Gasteiger partial charge is 0.295 e. The zero-order chi connectivity index (χ0) is 24.8. The number of alkyl halides is 4. The van der Waals surface area contributed by atoms with Crippen molar-refractivity contribution in [2.75, 3.05) is 11.9 Å². The lowest BCUT2D eigenvalue weighted by Crippen LogP contribution is -2.36. The number of ether oxygens (including phenoxy) is 1. The van der Waals surface area contributed by atoms with Crippen LogP contribution in [0.1, 0.15) is 61.7 Å². The van der Waals surface area contributed by atoms with E-state index < -0.39 is 30.0 Å². The second-order valence-electron chi connectivity index (χ2n) is 8.58. The summed E-state index contributed by atoms with van der Waals surface area (Å²) in [6, 6.07) is 4.24. The summed E-state index contributed by atoms with van der Waals surface area (Å²) in [4.78, 5) is 21.9. The van der Waals surface area contributed by atoms with Crippen LogP contribution in [-0.4, -0.2) is 27.6 Å². The van der Waals surface area contributed by atoms with Crippen LogP contribution in [0.5, 0.6) is 5.75 Å². The van der Waals surface area contributed by atoms with Crippen LogP contribution in [0.15, 0.2) is 29.2 Å². The first kappa shape index (κ1) is 24.0. The molecule has 1 aromatic carbocycles. The number of aromatic nitrogens is 3. The van der Waals surface area contributed by atoms with E-state index in [9.17, 15) is 22.4 Å². The van der Waals surface area contributed by atoms with Gasteiger partial charge in [-0.05, 0) is 51.7 Å². The third-order valence-electron chi connectivity index (χ3n) is 6.35. The number of nitrogens with one attached hydrogen (secondary N) is 1. The van der Waals surface area contributed by atoms with Gasteiger partial charge in [-0.2, -0.15) is 0 Å². The van der Waals surface area contributed by atoms with Gasteiger partial charge in [0.05, 0.1) is 18.0 Å². The molecule has 4 rings (SSSR count). The van der Waals surface area contributed by atoms with Gasteiger partial charge in [-0.3, -0.25) is 9.36 Å². The Morgan fingerprint density at radius 2 is 1.82 bits per heavy atom. The van der Waals surface area contributed by atoms with E-state index >= 15 is 0 Å². The Labute approximate surface area is 194 Å². The molecule has 1 aliphatic carbocycles. The van der Waals surface area contributed by atoms with E-state index in [-0.39, 0.29) is 36.3 Å². The maximum Gasteiger partial charge on any atom is 0.295 e. The van der Waals surface area contributed by atoms with Crippen LogP contribution >= 0.6 is 0 Å². The molecule has 0 bridgehead atoms. The van der Waals surface area contributed by atoms with Gasteiger partial charge in [-0.25, -0.2) is 27.5 Å². The molecule has 0 amide bonds. The number of nitrogens with zero attached hydrogens (tertiary/aromatic N) is 3. The van der Waals surface area contributed by atoms with Crippen molar-refractivity contribution in [3.8, 4) is 5.75 Å². The van der Waals surface area contributed by atoms with Crippen molar-refractivity contribution in [1.29, 1.82) is 0 Å². The summed E-state index contributed by atoms with van der Waals surface area (Å²) in [5.41, 5.74) is -0.985. The van der Waals surface area contributed by atoms with Gasteiger partial charge in [0.15, 0.2) is 0 Å². The van der Waals surface area contributed by atoms with Crippen LogP contribution < -0.4 is 15.6 Å². The summed E-state index contributed by atoms with van der Waals surface area (Å²) in [5.74, 6) is 0.536. The summed E-state index contributed by atoms with van der Waals surface area (Å²) in [6.07, 6.45) is -3.63. The van der Waals surface area contributed by atoms with Gasteiger partial charge < -0.3 is 10.1 Å². The van der Waals surface area contributed by atoms with Crippen molar-refractivity contribution >= 4 is 16.7 Å². The third-order valence-corrected chi connectivity index (χ3v) is 6.35. The Balaban J connectivity index is 1.88. The molecule has 0 radical (unpaired) electrons. The van der Waals surface area contributed by atoms with Crippen LogP contribution in [0.25, 0.3) is 10.9 Å². The Hall–Kier alpha value is -3.17. The predicted molar refractivity (Wildman–Crippen MR) is 121 cm³/mol. The number of fused-ring (bicyclic) bond motifs is 1. The molecule has 1 atom stereocenters. The molecule has 182 valence electrons. The minimum Gasteiger partial charge on any atom is -0.487 e. The lowest BCUT2D eigenvalue weighted by atomic mass is 9.97. The number of pyridine rings is 1. The maximum atomic E-state index is 13.9. The normalized spacial score (nSPS) is 15.7. The SMILES string of the molecule is CCOc1c(=O)n(C2(C(F)F)CC2)cc2c(N[C@H](C)c3cccc(C(F)F)c3C)nc(C)nc12. The van der Waals surface area contributed by atoms with Gasteiger partial charge in [0.1, 0.15) is 22.7 Å². The molecule has 0 aliphatic heterocycles. The van der Waals surface area contributed by atoms with Crippen molar-refractivity contribution in [2.24, 2.45) is 0 Å². The van der Waals surface area contributed by atoms with Gasteiger partial charge in [0.2, 0.25) is 5.75 Å². The Bertz CT molecular complexity index is 1290. The fourth-order valence-electron chi connectivity index (χ4n) is 4.34. The van der Waals surface area contributed by atoms with Crippen LogP contribution in [-0.2, 0) is 5.54 Å². The van der Waals surface area contributed by atoms with E-state index in [0.717, 1.165) is 4.57 Å². The van der Waals surface area contributed by atoms with Gasteiger partial charge >= 0.3 is 0 Å². The largest absolute Gasteiger partial charge is 0.487 e. The molecule has 3 aromatic rings. The first-order valence-corrected chi connectivity index (χ1v) is 11.1. The molecule has 0 saturated heterocycles. The monoisotopic (exact) mass is 478 g/mol. The lowest BCUT2D eigenvalue weighted by molar-refractivity contribution is 0.0649. The van der Waals surface area contributed by atoms with E-state index in [1.54, 1.807) is 39.8 Å². The van der Waals surface area contributed by atoms with E-state index in [1.807, 2.05) is 0 Å². The average Bonchev–Trinajstić information content (AvgIpc) is 3.57. The molecule has 1 N–H and O–H groups in total. The molecule has 34 heavy (non-hydrogen) atoms. The third kappa shape index (κ3) is 3.99. The molecule has 0 spiro atoms. The standard InChI is InChI=1S/C24H26F4N4O2/c1-5-34-19-18-17(11-32(22(19)33)24(9-10-24)23(27)28)21(31-14(4)30-18)29-13(3)15-7-6-8-16(12(15)2)20(25)26/h6-8,11,13,20,23H,5,9-10H2,1-4H3,(H,29,30,31)/t13-/m1/s1. The van der Waals surface area contributed by atoms with E-state index in [4.69, 9.17) is 4.74 Å². The molecule has 2 heterocycles. The van der Waals surface area contributed by atoms with Crippen molar-refractivity contribution < 1.29 is 22.3 Å². The molecular weight excluding hydrogens is 452 g/mol. The van der Waals surface area contributed by atoms with E-state index in [2.05, 4.69) is 15.3 Å². The Morgan fingerprint density at radius 3 is 2.41 bits per heavy atom. The van der Waals surface area contributed by atoms with Gasteiger partial charge in [0, 0.05) is 11.8 Å². The Morgan fingerprint density at radius 1 is 1.15 bits per heavy atom. The fourth-order valence-corrected chi connectivity index (χ4v) is 4.34. The highest BCUT2D eigenvalue weighted by Gasteiger charge is 2.54. The average molecular weight is 478 g/mol. The van der Waals surface area contributed by atoms with Crippen LogP contribution in [0.4, 0.5) is 23.4 Å². The minimum atomic E-state index is -2.72. The molecule has 2 aromatic heterocycles. The quantitative estimate of drug-likeness (QED) is 0.423. The molecule has 1 saturated carbocycles. The number of rotatable bonds is 8. The zero-order valence-electron chi connectivity index (χ0n) is 19.3. The summed E-state index contributed by atoms with van der Waals surface area (Å²) < 4.78 is 61.2. The highest BCUT2D eigenvalue weighted by molar-refractivity contribution is 5.92. The lowest BCUT2D eigenvalue weighted by Gasteiger charge is -2.23. The molecular formula is C24H26F4N4O2. The van der Waals surface area contributed by atoms with Crippen LogP contribution in [0.2, 0.25) is 0 Å². The molecule has 1 fully saturated rings. The van der Waals surface area contributed by atoms with Gasteiger partial charge in [0.25, 0.3) is 18.4 Å². The topological polar surface area (TPSA) is 69.0 Å². The molecule has 10 heteroatoms. The maximum absolute atomic E-state index is 13.9. The van der Waals surface area contributed by atoms with Crippen molar-refractivity contribution in [3.63, 3.8) is 0 Å². The van der Waals surface area contributed by atoms with Crippen molar-refractivity contribution in [3.05, 3.63) is 57.3 Å². The molecule has 1 aliphatic rings. The summed E-state index contributed by atoms with van der Waals surface area (Å²) in [6.45, 7) is 6.90. The number of halogens is 4. The highest BCUT2D eigenvalue weighted by atomic mass is 19.3. The number of benzene rings is 1. The second kappa shape index (κ2) is 8.88. The molecule has 0 unspecified atom stereocenters. The number of aryl methyl sites for hydroxylation is 1. The van der Waals surface area contributed by atoms with Crippen LogP contribution in [0, 0.1) is 13.8 Å². The van der Waals surface area contributed by atoms with Gasteiger partial charge in [-0.15, -0.1) is 0 Å². The predicted octanol–water partition coefficient (Wildman–Crippen LogP) is 5.67. The number of hydrogen-bond donors (Lipinski definition) is 1. The first-order valence-electron chi connectivity index (χ1n) is 11.1. The van der Waals surface area contributed by atoms with E-state index in [1.165, 1.54) is 12.3 Å². The Kier molecular flexibility index (Phi) is 6.26. The number of anilines is 1. The summed E-state index contributed by atoms with van der Waals surface area (Å²) >= 11 is 0. The van der Waals surface area contributed by atoms with Crippen molar-refractivity contribution in [1.82, 2.24) is 14.5 Å². The zero-order valence-corrected chi connectivity index (χ0v) is 19.3. The van der Waals surface area contributed by atoms with Gasteiger partial charge in [-0.1, -0.05) is 18.2 Å². The number of hydrogen-bond acceptors (Lipinski definition) is 5. The first-order chi connectivity index (χ1) is 16.1. The van der Waals surface area contributed by atoms with Crippen LogP contribution in [0.3, 0.4) is 0 Å². The van der Waals surface area contributed by atoms with Crippen molar-refractivity contribution in [2.45, 2.75) is 65.0 Å². The fraction of sp³-hybridized carbons (Fsp3) is 0.458.